The van der Waals surface area contributed by atoms with Gasteiger partial charge in [-0.3, -0.25) is 9.59 Å². The lowest BCUT2D eigenvalue weighted by Crippen LogP contribution is -2.43. The summed E-state index contributed by atoms with van der Waals surface area (Å²) in [7, 11) is 0. The van der Waals surface area contributed by atoms with Crippen LogP contribution in [0.2, 0.25) is 0 Å². The first-order valence-electron chi connectivity index (χ1n) is 8.59. The molecule has 0 aliphatic carbocycles. The zero-order chi connectivity index (χ0) is 18.9. The minimum atomic E-state index is -0.628. The zero-order valence-electron chi connectivity index (χ0n) is 15.4. The molecule has 2 heterocycles. The molecule has 1 aliphatic rings. The molecule has 1 aromatic carbocycles. The molecule has 0 atom stereocenters. The average molecular weight is 357 g/mol. The fourth-order valence-electron chi connectivity index (χ4n) is 2.80. The van der Waals surface area contributed by atoms with Crippen molar-refractivity contribution >= 4 is 23.2 Å². The van der Waals surface area contributed by atoms with E-state index in [4.69, 9.17) is 9.26 Å². The van der Waals surface area contributed by atoms with Crippen LogP contribution in [0.5, 0.6) is 5.75 Å². The van der Waals surface area contributed by atoms with Crippen LogP contribution in [-0.4, -0.2) is 30.1 Å². The normalized spacial score (nSPS) is 16.0. The minimum Gasteiger partial charge on any atom is -0.490 e. The van der Waals surface area contributed by atoms with Crippen molar-refractivity contribution in [2.24, 2.45) is 11.3 Å². The molecule has 1 aliphatic heterocycles. The Hall–Kier alpha value is -2.83. The van der Waals surface area contributed by atoms with Crippen LogP contribution in [0.3, 0.4) is 0 Å². The van der Waals surface area contributed by atoms with Crippen molar-refractivity contribution in [1.82, 2.24) is 5.16 Å². The maximum absolute atomic E-state index is 12.9. The van der Waals surface area contributed by atoms with Crippen LogP contribution in [-0.2, 0) is 4.79 Å². The van der Waals surface area contributed by atoms with Gasteiger partial charge in [-0.15, -0.1) is 0 Å². The third-order valence-electron chi connectivity index (χ3n) is 4.13. The molecule has 7 heteroatoms. The van der Waals surface area contributed by atoms with E-state index in [1.54, 1.807) is 23.1 Å². The van der Waals surface area contributed by atoms with Crippen molar-refractivity contribution in [2.45, 2.75) is 27.7 Å². The topological polar surface area (TPSA) is 84.7 Å². The Labute approximate surface area is 152 Å². The third kappa shape index (κ3) is 3.56. The number of fused-ring (bicyclic) bond motifs is 1. The third-order valence-corrected chi connectivity index (χ3v) is 4.13. The first-order valence-corrected chi connectivity index (χ1v) is 8.59. The number of nitrogens with zero attached hydrogens (tertiary/aromatic N) is 2. The number of anilines is 2. The van der Waals surface area contributed by atoms with E-state index in [9.17, 15) is 9.59 Å². The Morgan fingerprint density at radius 3 is 2.77 bits per heavy atom. The van der Waals surface area contributed by atoms with Crippen molar-refractivity contribution in [3.8, 4) is 5.75 Å². The second-order valence-electron chi connectivity index (χ2n) is 7.50. The summed E-state index contributed by atoms with van der Waals surface area (Å²) in [6, 6.07) is 6.76. The first kappa shape index (κ1) is 18.0. The largest absolute Gasteiger partial charge is 0.490 e. The summed E-state index contributed by atoms with van der Waals surface area (Å²) in [5, 5.41) is 6.27. The Morgan fingerprint density at radius 2 is 2.12 bits per heavy atom. The van der Waals surface area contributed by atoms with Gasteiger partial charge in [0, 0.05) is 24.4 Å². The van der Waals surface area contributed by atoms with E-state index in [0.717, 1.165) is 0 Å². The van der Waals surface area contributed by atoms with E-state index >= 15 is 0 Å². The zero-order valence-corrected chi connectivity index (χ0v) is 15.4. The van der Waals surface area contributed by atoms with Crippen LogP contribution >= 0.6 is 0 Å². The molecule has 0 saturated carbocycles. The predicted octanol–water partition coefficient (Wildman–Crippen LogP) is 3.33. The van der Waals surface area contributed by atoms with Crippen LogP contribution in [0.25, 0.3) is 0 Å². The number of amides is 2. The molecule has 0 saturated heterocycles. The lowest BCUT2D eigenvalue weighted by molar-refractivity contribution is -0.127. The molecule has 1 N–H and O–H groups in total. The molecule has 1 aromatic heterocycles. The first-order chi connectivity index (χ1) is 12.3. The van der Waals surface area contributed by atoms with Gasteiger partial charge in [-0.25, -0.2) is 0 Å². The summed E-state index contributed by atoms with van der Waals surface area (Å²) < 4.78 is 10.8. The van der Waals surface area contributed by atoms with Gasteiger partial charge in [0.1, 0.15) is 12.4 Å². The van der Waals surface area contributed by atoms with E-state index in [1.165, 1.54) is 12.3 Å². The molecule has 138 valence electrons. The van der Waals surface area contributed by atoms with E-state index in [-0.39, 0.29) is 18.3 Å². The highest BCUT2D eigenvalue weighted by atomic mass is 16.5. The number of aromatic nitrogens is 1. The molecular weight excluding hydrogens is 334 g/mol. The smallest absolute Gasteiger partial charge is 0.294 e. The van der Waals surface area contributed by atoms with Gasteiger partial charge in [0.25, 0.3) is 5.91 Å². The fourth-order valence-corrected chi connectivity index (χ4v) is 2.80. The van der Waals surface area contributed by atoms with Gasteiger partial charge in [-0.1, -0.05) is 19.0 Å². The van der Waals surface area contributed by atoms with Crippen LogP contribution in [0, 0.1) is 11.3 Å². The number of carbonyl (C=O) groups excluding carboxylic acids is 2. The maximum atomic E-state index is 12.9. The van der Waals surface area contributed by atoms with Crippen molar-refractivity contribution in [3.63, 3.8) is 0 Å². The van der Waals surface area contributed by atoms with Crippen LogP contribution < -0.4 is 15.0 Å². The minimum absolute atomic E-state index is 0.0309. The Balaban J connectivity index is 1.91. The second-order valence-corrected chi connectivity index (χ2v) is 7.50. The standard InChI is InChI=1S/C19H23N3O4/c1-12(2)10-22-14-6-5-13(21-17(23)15-7-8-20-26-15)9-16(14)25-11-19(3,4)18(22)24/h5-9,12H,10-11H2,1-4H3,(H,21,23). The van der Waals surface area contributed by atoms with Crippen LogP contribution in [0.1, 0.15) is 38.2 Å². The van der Waals surface area contributed by atoms with Gasteiger partial charge in [-0.2, -0.15) is 0 Å². The summed E-state index contributed by atoms with van der Waals surface area (Å²) in [6.45, 7) is 8.76. The summed E-state index contributed by atoms with van der Waals surface area (Å²) in [5.41, 5.74) is 0.644. The number of ether oxygens (including phenoxy) is 1. The highest BCUT2D eigenvalue weighted by Gasteiger charge is 2.38. The molecule has 3 rings (SSSR count). The van der Waals surface area contributed by atoms with E-state index in [2.05, 4.69) is 24.3 Å². The van der Waals surface area contributed by atoms with Gasteiger partial charge >= 0.3 is 0 Å². The lowest BCUT2D eigenvalue weighted by atomic mass is 9.92. The van der Waals surface area contributed by atoms with E-state index in [1.807, 2.05) is 13.8 Å². The maximum Gasteiger partial charge on any atom is 0.294 e. The van der Waals surface area contributed by atoms with Gasteiger partial charge in [0.05, 0.1) is 17.3 Å². The Kier molecular flexibility index (Phi) is 4.71. The number of hydrogen-bond acceptors (Lipinski definition) is 5. The monoisotopic (exact) mass is 357 g/mol. The summed E-state index contributed by atoms with van der Waals surface area (Å²) >= 11 is 0. The number of hydrogen-bond donors (Lipinski definition) is 1. The van der Waals surface area contributed by atoms with Gasteiger partial charge < -0.3 is 19.5 Å². The number of carbonyl (C=O) groups is 2. The van der Waals surface area contributed by atoms with Crippen molar-refractivity contribution in [3.05, 3.63) is 36.2 Å². The Morgan fingerprint density at radius 1 is 1.35 bits per heavy atom. The molecular formula is C19H23N3O4. The van der Waals surface area contributed by atoms with Crippen molar-refractivity contribution in [1.29, 1.82) is 0 Å². The average Bonchev–Trinajstić information content (AvgIpc) is 3.09. The highest BCUT2D eigenvalue weighted by molar-refractivity contribution is 6.03. The molecule has 0 fully saturated rings. The summed E-state index contributed by atoms with van der Waals surface area (Å²) in [5.74, 6) is 0.639. The molecule has 2 amide bonds. The van der Waals surface area contributed by atoms with Gasteiger partial charge in [-0.05, 0) is 31.9 Å². The predicted molar refractivity (Wildman–Crippen MR) is 97.4 cm³/mol. The second kappa shape index (κ2) is 6.82. The summed E-state index contributed by atoms with van der Waals surface area (Å²) in [4.78, 5) is 26.8. The lowest BCUT2D eigenvalue weighted by Gasteiger charge is -2.29. The van der Waals surface area contributed by atoms with Gasteiger partial charge in [0.2, 0.25) is 11.7 Å². The van der Waals surface area contributed by atoms with Crippen molar-refractivity contribution < 1.29 is 18.8 Å². The Bertz CT molecular complexity index is 812. The number of rotatable bonds is 4. The highest BCUT2D eigenvalue weighted by Crippen LogP contribution is 2.38. The van der Waals surface area contributed by atoms with Crippen LogP contribution in [0.15, 0.2) is 35.0 Å². The summed E-state index contributed by atoms with van der Waals surface area (Å²) in [6.07, 6.45) is 1.41. The van der Waals surface area contributed by atoms with Crippen LogP contribution in [0.4, 0.5) is 11.4 Å². The quantitative estimate of drug-likeness (QED) is 0.907. The SMILES string of the molecule is CC(C)CN1C(=O)C(C)(C)COc2cc(NC(=O)c3ccno3)ccc21. The fraction of sp³-hybridized carbons (Fsp3) is 0.421. The molecule has 7 nitrogen and oxygen atoms in total. The number of nitrogens with one attached hydrogen (secondary N) is 1. The van der Waals surface area contributed by atoms with E-state index in [0.29, 0.717) is 29.6 Å². The molecule has 0 radical (unpaired) electrons. The molecule has 0 bridgehead atoms. The molecule has 2 aromatic rings. The molecule has 0 spiro atoms. The number of benzene rings is 1. The van der Waals surface area contributed by atoms with Gasteiger partial charge in [0.15, 0.2) is 0 Å². The van der Waals surface area contributed by atoms with E-state index < -0.39 is 11.3 Å². The van der Waals surface area contributed by atoms with Crippen molar-refractivity contribution in [2.75, 3.05) is 23.4 Å². The molecule has 0 unspecified atom stereocenters. The molecule has 26 heavy (non-hydrogen) atoms.